The predicted molar refractivity (Wildman–Crippen MR) is 146 cm³/mol. The van der Waals surface area contributed by atoms with E-state index in [0.717, 1.165) is 22.0 Å². The molecule has 0 saturated carbocycles. The fourth-order valence-corrected chi connectivity index (χ4v) is 4.50. The molecule has 5 rings (SSSR count). The van der Waals surface area contributed by atoms with Crippen LogP contribution >= 0.6 is 0 Å². The van der Waals surface area contributed by atoms with Crippen LogP contribution in [0.4, 0.5) is 5.69 Å². The molecule has 0 aliphatic rings. The van der Waals surface area contributed by atoms with Crippen molar-refractivity contribution in [2.45, 2.75) is 12.1 Å². The molecule has 0 radical (unpaired) electrons. The first kappa shape index (κ1) is 24.6. The Hall–Kier alpha value is -5.08. The molecule has 8 heteroatoms. The molecule has 4 aromatic carbocycles. The number of nitro groups is 1. The lowest BCUT2D eigenvalue weighted by molar-refractivity contribution is -0.384. The first-order valence-corrected chi connectivity index (χ1v) is 11.9. The highest BCUT2D eigenvalue weighted by molar-refractivity contribution is 6.00. The Morgan fingerprint density at radius 3 is 2.21 bits per heavy atom. The van der Waals surface area contributed by atoms with E-state index in [4.69, 9.17) is 0 Å². The topological polar surface area (TPSA) is 110 Å². The normalized spacial score (nSPS) is 11.6. The number of aliphatic hydroxyl groups is 1. The number of rotatable bonds is 8. The molecular formula is C30H24N4O4. The third-order valence-corrected chi connectivity index (χ3v) is 6.38. The van der Waals surface area contributed by atoms with Gasteiger partial charge in [-0.25, -0.2) is 5.43 Å². The number of aromatic nitrogens is 1. The molecule has 1 heterocycles. The van der Waals surface area contributed by atoms with Crippen molar-refractivity contribution < 1.29 is 14.8 Å². The van der Waals surface area contributed by atoms with E-state index in [1.807, 2.05) is 53.2 Å². The third kappa shape index (κ3) is 4.80. The van der Waals surface area contributed by atoms with Gasteiger partial charge in [0.1, 0.15) is 0 Å². The molecule has 0 unspecified atom stereocenters. The number of fused-ring (bicyclic) bond motifs is 1. The summed E-state index contributed by atoms with van der Waals surface area (Å²) in [6.07, 6.45) is 3.40. The van der Waals surface area contributed by atoms with E-state index in [2.05, 4.69) is 10.5 Å². The van der Waals surface area contributed by atoms with Crippen LogP contribution in [0.25, 0.3) is 10.9 Å². The predicted octanol–water partition coefficient (Wildman–Crippen LogP) is 4.98. The molecule has 188 valence electrons. The van der Waals surface area contributed by atoms with Gasteiger partial charge in [-0.3, -0.25) is 14.9 Å². The maximum absolute atomic E-state index is 13.3. The zero-order valence-corrected chi connectivity index (χ0v) is 20.3. The van der Waals surface area contributed by atoms with E-state index in [-0.39, 0.29) is 5.69 Å². The van der Waals surface area contributed by atoms with Gasteiger partial charge in [0.15, 0.2) is 5.60 Å². The fraction of sp³-hybridized carbons (Fsp3) is 0.0667. The highest BCUT2D eigenvalue weighted by Gasteiger charge is 2.39. The van der Waals surface area contributed by atoms with Gasteiger partial charge in [-0.2, -0.15) is 5.10 Å². The molecule has 0 saturated heterocycles. The van der Waals surface area contributed by atoms with Crippen LogP contribution < -0.4 is 5.43 Å². The van der Waals surface area contributed by atoms with Crippen LogP contribution in [0, 0.1) is 10.1 Å². The molecule has 8 nitrogen and oxygen atoms in total. The molecule has 0 aliphatic heterocycles. The van der Waals surface area contributed by atoms with Gasteiger partial charge in [0.05, 0.1) is 11.1 Å². The average Bonchev–Trinajstić information content (AvgIpc) is 3.30. The Kier molecular flexibility index (Phi) is 6.80. The van der Waals surface area contributed by atoms with E-state index in [9.17, 15) is 20.0 Å². The minimum atomic E-state index is -1.93. The zero-order valence-electron chi connectivity index (χ0n) is 20.3. The second-order valence-corrected chi connectivity index (χ2v) is 8.80. The quantitative estimate of drug-likeness (QED) is 0.176. The summed E-state index contributed by atoms with van der Waals surface area (Å²) in [5.74, 6) is -0.688. The summed E-state index contributed by atoms with van der Waals surface area (Å²) in [5, 5.41) is 27.8. The maximum Gasteiger partial charge on any atom is 0.281 e. The van der Waals surface area contributed by atoms with Gasteiger partial charge in [0.2, 0.25) is 0 Å². The molecule has 1 aromatic heterocycles. The lowest BCUT2D eigenvalue weighted by Gasteiger charge is -2.27. The van der Waals surface area contributed by atoms with Gasteiger partial charge < -0.3 is 9.67 Å². The van der Waals surface area contributed by atoms with Crippen molar-refractivity contribution in [1.29, 1.82) is 0 Å². The van der Waals surface area contributed by atoms with Gasteiger partial charge in [0, 0.05) is 41.3 Å². The molecule has 1 amide bonds. The van der Waals surface area contributed by atoms with Gasteiger partial charge in [0.25, 0.3) is 11.6 Å². The first-order valence-electron chi connectivity index (χ1n) is 11.9. The Morgan fingerprint density at radius 1 is 0.921 bits per heavy atom. The molecule has 38 heavy (non-hydrogen) atoms. The largest absolute Gasteiger partial charge is 0.372 e. The van der Waals surface area contributed by atoms with E-state index >= 15 is 0 Å². The summed E-state index contributed by atoms with van der Waals surface area (Å²) < 4.78 is 1.97. The van der Waals surface area contributed by atoms with Crippen molar-refractivity contribution in [1.82, 2.24) is 9.99 Å². The molecular weight excluding hydrogens is 480 g/mol. The lowest BCUT2D eigenvalue weighted by atomic mass is 9.85. The standard InChI is InChI=1S/C30H24N4O4/c35-29(30(36,24-11-3-1-4-12-24)25-13-5-2-6-14-25)32-31-19-23-21-33(28-17-8-7-16-27(23)28)20-22-10-9-15-26(18-22)34(37)38/h1-19,21,36H,20H2,(H,32,35)/b31-19+. The molecule has 2 N–H and O–H groups in total. The molecule has 0 spiro atoms. The number of nitrogens with one attached hydrogen (secondary N) is 1. The van der Waals surface area contributed by atoms with Crippen LogP contribution in [0.3, 0.4) is 0 Å². The average molecular weight is 505 g/mol. The van der Waals surface area contributed by atoms with Crippen LogP contribution in [0.5, 0.6) is 0 Å². The summed E-state index contributed by atoms with van der Waals surface area (Å²) in [5.41, 5.74) is 3.90. The van der Waals surface area contributed by atoms with Crippen LogP contribution in [0.2, 0.25) is 0 Å². The smallest absolute Gasteiger partial charge is 0.281 e. The van der Waals surface area contributed by atoms with E-state index < -0.39 is 16.4 Å². The van der Waals surface area contributed by atoms with Crippen LogP contribution in [-0.4, -0.2) is 26.7 Å². The fourth-order valence-electron chi connectivity index (χ4n) is 4.50. The number of carbonyl (C=O) groups excluding carboxylic acids is 1. The van der Waals surface area contributed by atoms with Crippen molar-refractivity contribution in [3.05, 3.63) is 148 Å². The van der Waals surface area contributed by atoms with Gasteiger partial charge >= 0.3 is 0 Å². The number of hydrazone groups is 1. The number of hydrogen-bond donors (Lipinski definition) is 2. The lowest BCUT2D eigenvalue weighted by Crippen LogP contribution is -2.43. The number of para-hydroxylation sites is 1. The second-order valence-electron chi connectivity index (χ2n) is 8.80. The van der Waals surface area contributed by atoms with Crippen molar-refractivity contribution in [3.63, 3.8) is 0 Å². The maximum atomic E-state index is 13.3. The van der Waals surface area contributed by atoms with Crippen molar-refractivity contribution in [2.75, 3.05) is 0 Å². The number of amides is 1. The molecule has 0 bridgehead atoms. The monoisotopic (exact) mass is 504 g/mol. The number of benzene rings is 4. The number of carbonyl (C=O) groups is 1. The first-order chi connectivity index (χ1) is 18.5. The van der Waals surface area contributed by atoms with E-state index in [1.165, 1.54) is 12.3 Å². The molecule has 0 aliphatic carbocycles. The van der Waals surface area contributed by atoms with E-state index in [1.54, 1.807) is 60.7 Å². The third-order valence-electron chi connectivity index (χ3n) is 6.38. The molecule has 0 atom stereocenters. The van der Waals surface area contributed by atoms with Crippen molar-refractivity contribution >= 4 is 28.7 Å². The number of nitrogens with zero attached hydrogens (tertiary/aromatic N) is 3. The van der Waals surface area contributed by atoms with Crippen LogP contribution in [0.15, 0.2) is 120 Å². The van der Waals surface area contributed by atoms with Gasteiger partial charge in [-0.1, -0.05) is 91.0 Å². The molecule has 0 fully saturated rings. The molecule has 5 aromatic rings. The highest BCUT2D eigenvalue weighted by Crippen LogP contribution is 2.30. The summed E-state index contributed by atoms with van der Waals surface area (Å²) in [6, 6.07) is 31.7. The zero-order chi connectivity index (χ0) is 26.5. The van der Waals surface area contributed by atoms with Crippen LogP contribution in [-0.2, 0) is 16.9 Å². The number of nitro benzene ring substituents is 1. The minimum absolute atomic E-state index is 0.0350. The summed E-state index contributed by atoms with van der Waals surface area (Å²) in [4.78, 5) is 24.1. The Balaban J connectivity index is 1.43. The van der Waals surface area contributed by atoms with E-state index in [0.29, 0.717) is 17.7 Å². The number of hydrogen-bond acceptors (Lipinski definition) is 5. The Morgan fingerprint density at radius 2 is 1.55 bits per heavy atom. The highest BCUT2D eigenvalue weighted by atomic mass is 16.6. The summed E-state index contributed by atoms with van der Waals surface area (Å²) >= 11 is 0. The summed E-state index contributed by atoms with van der Waals surface area (Å²) in [7, 11) is 0. The van der Waals surface area contributed by atoms with Crippen molar-refractivity contribution in [3.8, 4) is 0 Å². The second kappa shape index (κ2) is 10.5. The Bertz CT molecular complexity index is 1590. The summed E-state index contributed by atoms with van der Waals surface area (Å²) in [6.45, 7) is 0.421. The SMILES string of the molecule is O=C(N/N=C/c1cn(Cc2cccc([N+](=O)[O-])c2)c2ccccc12)C(O)(c1ccccc1)c1ccccc1. The number of non-ortho nitro benzene ring substituents is 1. The van der Waals surface area contributed by atoms with Crippen molar-refractivity contribution in [2.24, 2.45) is 5.10 Å². The Labute approximate surface area is 218 Å². The van der Waals surface area contributed by atoms with Gasteiger partial charge in [-0.05, 0) is 22.8 Å². The van der Waals surface area contributed by atoms with Crippen LogP contribution in [0.1, 0.15) is 22.3 Å². The van der Waals surface area contributed by atoms with Gasteiger partial charge in [-0.15, -0.1) is 0 Å². The minimum Gasteiger partial charge on any atom is -0.372 e.